The molecule has 1 N–H and O–H groups in total. The van der Waals surface area contributed by atoms with Gasteiger partial charge in [-0.25, -0.2) is 4.79 Å². The van der Waals surface area contributed by atoms with Crippen LogP contribution in [0.5, 0.6) is 17.2 Å². The van der Waals surface area contributed by atoms with E-state index in [1.54, 1.807) is 12.1 Å². The molecular formula is C18H14ClNO4. The first-order valence-electron chi connectivity index (χ1n) is 7.26. The molecule has 1 aliphatic rings. The Morgan fingerprint density at radius 2 is 2.12 bits per heavy atom. The number of halogens is 1. The van der Waals surface area contributed by atoms with E-state index in [1.165, 1.54) is 18.2 Å². The van der Waals surface area contributed by atoms with Gasteiger partial charge in [-0.2, -0.15) is 5.26 Å². The van der Waals surface area contributed by atoms with Crippen LogP contribution in [0.15, 0.2) is 30.3 Å². The second-order valence-electron chi connectivity index (χ2n) is 6.15. The highest BCUT2D eigenvalue weighted by Crippen LogP contribution is 2.43. The van der Waals surface area contributed by atoms with Crippen molar-refractivity contribution >= 4 is 17.6 Å². The van der Waals surface area contributed by atoms with Crippen molar-refractivity contribution in [3.05, 3.63) is 52.0 Å². The van der Waals surface area contributed by atoms with Gasteiger partial charge < -0.3 is 14.6 Å². The van der Waals surface area contributed by atoms with E-state index >= 15 is 0 Å². The molecule has 0 atom stereocenters. The Labute approximate surface area is 144 Å². The van der Waals surface area contributed by atoms with Gasteiger partial charge in [0, 0.05) is 18.1 Å². The molecule has 0 bridgehead atoms. The van der Waals surface area contributed by atoms with E-state index in [0.29, 0.717) is 29.2 Å². The van der Waals surface area contributed by atoms with Crippen molar-refractivity contribution in [3.8, 4) is 23.3 Å². The summed E-state index contributed by atoms with van der Waals surface area (Å²) in [5.74, 6) is 0.285. The molecule has 5 nitrogen and oxygen atoms in total. The van der Waals surface area contributed by atoms with Gasteiger partial charge in [0.25, 0.3) is 0 Å². The zero-order chi connectivity index (χ0) is 17.5. The van der Waals surface area contributed by atoms with Gasteiger partial charge in [-0.1, -0.05) is 11.6 Å². The first kappa shape index (κ1) is 16.2. The Morgan fingerprint density at radius 3 is 2.75 bits per heavy atom. The van der Waals surface area contributed by atoms with Gasteiger partial charge in [-0.15, -0.1) is 0 Å². The van der Waals surface area contributed by atoms with Crippen LogP contribution in [0.25, 0.3) is 0 Å². The van der Waals surface area contributed by atoms with E-state index < -0.39 is 11.6 Å². The molecule has 122 valence electrons. The molecule has 3 rings (SSSR count). The van der Waals surface area contributed by atoms with Crippen LogP contribution in [0.1, 0.15) is 35.3 Å². The van der Waals surface area contributed by atoms with Crippen LogP contribution in [-0.4, -0.2) is 16.7 Å². The number of nitriles is 1. The minimum Gasteiger partial charge on any atom is -0.487 e. The molecule has 1 aliphatic heterocycles. The quantitative estimate of drug-likeness (QED) is 0.892. The summed E-state index contributed by atoms with van der Waals surface area (Å²) in [5.41, 5.74) is 0.810. The Morgan fingerprint density at radius 1 is 1.38 bits per heavy atom. The normalized spacial score (nSPS) is 14.4. The second kappa shape index (κ2) is 5.73. The standard InChI is InChI=1S/C18H14ClNO4/c1-18(2)8-13-15(5-11(17(21)22)6-16(13)24-18)23-12-4-3-10(9-20)14(19)7-12/h3-7H,8H2,1-2H3,(H,21,22). The number of hydrogen-bond acceptors (Lipinski definition) is 4. The van der Waals surface area contributed by atoms with Gasteiger partial charge in [-0.05, 0) is 38.1 Å². The van der Waals surface area contributed by atoms with Gasteiger partial charge >= 0.3 is 5.97 Å². The van der Waals surface area contributed by atoms with Crippen molar-refractivity contribution in [2.45, 2.75) is 25.9 Å². The van der Waals surface area contributed by atoms with E-state index in [4.69, 9.17) is 26.3 Å². The lowest BCUT2D eigenvalue weighted by Gasteiger charge is -2.16. The summed E-state index contributed by atoms with van der Waals surface area (Å²) in [6.07, 6.45) is 0.599. The van der Waals surface area contributed by atoms with Crippen LogP contribution in [0.3, 0.4) is 0 Å². The molecule has 1 heterocycles. The van der Waals surface area contributed by atoms with E-state index in [0.717, 1.165) is 5.56 Å². The topological polar surface area (TPSA) is 79.5 Å². The third-order valence-electron chi connectivity index (χ3n) is 3.69. The predicted octanol–water partition coefficient (Wildman–Crippen LogP) is 4.42. The molecule has 0 amide bonds. The van der Waals surface area contributed by atoms with Crippen LogP contribution >= 0.6 is 11.6 Å². The summed E-state index contributed by atoms with van der Waals surface area (Å²) >= 11 is 6.02. The summed E-state index contributed by atoms with van der Waals surface area (Å²) in [5, 5.41) is 18.5. The van der Waals surface area contributed by atoms with E-state index in [9.17, 15) is 9.90 Å². The number of hydrogen-bond donors (Lipinski definition) is 1. The largest absolute Gasteiger partial charge is 0.487 e. The summed E-state index contributed by atoms with van der Waals surface area (Å²) < 4.78 is 11.7. The highest BCUT2D eigenvalue weighted by atomic mass is 35.5. The maximum atomic E-state index is 11.3. The lowest BCUT2D eigenvalue weighted by atomic mass is 10.00. The molecular weight excluding hydrogens is 330 g/mol. The monoisotopic (exact) mass is 343 g/mol. The molecule has 0 saturated heterocycles. The number of ether oxygens (including phenoxy) is 2. The third kappa shape index (κ3) is 3.01. The Kier molecular flexibility index (Phi) is 3.86. The van der Waals surface area contributed by atoms with Crippen molar-refractivity contribution < 1.29 is 19.4 Å². The molecule has 2 aromatic carbocycles. The average molecular weight is 344 g/mol. The summed E-state index contributed by atoms with van der Waals surface area (Å²) in [6, 6.07) is 9.65. The van der Waals surface area contributed by atoms with E-state index in [1.807, 2.05) is 19.9 Å². The van der Waals surface area contributed by atoms with Crippen LogP contribution in [0, 0.1) is 11.3 Å². The fraction of sp³-hybridized carbons (Fsp3) is 0.222. The van der Waals surface area contributed by atoms with Crippen LogP contribution < -0.4 is 9.47 Å². The van der Waals surface area contributed by atoms with E-state index in [2.05, 4.69) is 0 Å². The fourth-order valence-electron chi connectivity index (χ4n) is 2.64. The molecule has 2 aromatic rings. The molecule has 0 radical (unpaired) electrons. The maximum Gasteiger partial charge on any atom is 0.335 e. The molecule has 0 aliphatic carbocycles. The minimum absolute atomic E-state index is 0.0844. The fourth-order valence-corrected chi connectivity index (χ4v) is 2.85. The van der Waals surface area contributed by atoms with Gasteiger partial charge in [-0.3, -0.25) is 0 Å². The number of rotatable bonds is 3. The molecule has 0 unspecified atom stereocenters. The number of carboxylic acids is 1. The van der Waals surface area contributed by atoms with Crippen molar-refractivity contribution in [1.82, 2.24) is 0 Å². The molecule has 6 heteroatoms. The number of carboxylic acid groups (broad SMARTS) is 1. The second-order valence-corrected chi connectivity index (χ2v) is 6.56. The zero-order valence-electron chi connectivity index (χ0n) is 13.1. The third-order valence-corrected chi connectivity index (χ3v) is 4.01. The number of aromatic carboxylic acids is 1. The SMILES string of the molecule is CC1(C)Cc2c(Oc3ccc(C#N)c(Cl)c3)cc(C(=O)O)cc2O1. The highest BCUT2D eigenvalue weighted by Gasteiger charge is 2.33. The lowest BCUT2D eigenvalue weighted by molar-refractivity contribution is 0.0695. The van der Waals surface area contributed by atoms with Gasteiger partial charge in [0.05, 0.1) is 16.1 Å². The molecule has 0 aromatic heterocycles. The van der Waals surface area contributed by atoms with Crippen LogP contribution in [0.4, 0.5) is 0 Å². The summed E-state index contributed by atoms with van der Waals surface area (Å²) in [4.78, 5) is 11.3. The van der Waals surface area contributed by atoms with Crippen molar-refractivity contribution in [2.75, 3.05) is 0 Å². The van der Waals surface area contributed by atoms with Crippen LogP contribution in [-0.2, 0) is 6.42 Å². The number of fused-ring (bicyclic) bond motifs is 1. The number of benzene rings is 2. The van der Waals surface area contributed by atoms with Crippen molar-refractivity contribution in [1.29, 1.82) is 5.26 Å². The van der Waals surface area contributed by atoms with Gasteiger partial charge in [0.1, 0.15) is 28.9 Å². The maximum absolute atomic E-state index is 11.3. The van der Waals surface area contributed by atoms with Gasteiger partial charge in [0.15, 0.2) is 0 Å². The minimum atomic E-state index is -1.06. The summed E-state index contributed by atoms with van der Waals surface area (Å²) in [7, 11) is 0. The molecule has 24 heavy (non-hydrogen) atoms. The molecule has 0 fully saturated rings. The first-order chi connectivity index (χ1) is 11.3. The summed E-state index contributed by atoms with van der Waals surface area (Å²) in [6.45, 7) is 3.85. The smallest absolute Gasteiger partial charge is 0.335 e. The zero-order valence-corrected chi connectivity index (χ0v) is 13.8. The lowest BCUT2D eigenvalue weighted by Crippen LogP contribution is -2.24. The highest BCUT2D eigenvalue weighted by molar-refractivity contribution is 6.31. The van der Waals surface area contributed by atoms with Gasteiger partial charge in [0.2, 0.25) is 0 Å². The van der Waals surface area contributed by atoms with Crippen molar-refractivity contribution in [3.63, 3.8) is 0 Å². The number of carbonyl (C=O) groups is 1. The first-order valence-corrected chi connectivity index (χ1v) is 7.63. The van der Waals surface area contributed by atoms with Crippen LogP contribution in [0.2, 0.25) is 5.02 Å². The van der Waals surface area contributed by atoms with E-state index in [-0.39, 0.29) is 10.6 Å². The average Bonchev–Trinajstić information content (AvgIpc) is 2.81. The Hall–Kier alpha value is -2.71. The number of nitrogens with zero attached hydrogens (tertiary/aromatic N) is 1. The van der Waals surface area contributed by atoms with Crippen molar-refractivity contribution in [2.24, 2.45) is 0 Å². The Balaban J connectivity index is 2.03. The molecule has 0 saturated carbocycles. The Bertz CT molecular complexity index is 883. The predicted molar refractivity (Wildman–Crippen MR) is 88.1 cm³/mol. The molecule has 0 spiro atoms.